The van der Waals surface area contributed by atoms with Crippen LogP contribution in [-0.2, 0) is 6.54 Å². The maximum Gasteiger partial charge on any atom is 0.260 e. The molecule has 0 aliphatic carbocycles. The van der Waals surface area contributed by atoms with Crippen LogP contribution in [0.3, 0.4) is 0 Å². The van der Waals surface area contributed by atoms with Crippen molar-refractivity contribution in [3.8, 4) is 11.5 Å². The van der Waals surface area contributed by atoms with Crippen LogP contribution >= 0.6 is 0 Å². The Labute approximate surface area is 176 Å². The standard InChI is InChI=1S/C24H28N2O4/c1-7-26-14-20(18-12-21(29-5)22(30-6)13-19(18)24(26)28)23(27)25(4)17-10-8-16(9-11-17)15(2)3/h8-15H,7H2,1-6H3. The summed E-state index contributed by atoms with van der Waals surface area (Å²) in [5, 5.41) is 0.960. The van der Waals surface area contributed by atoms with Crippen molar-refractivity contribution < 1.29 is 14.3 Å². The fourth-order valence-electron chi connectivity index (χ4n) is 3.50. The first-order valence-electron chi connectivity index (χ1n) is 9.99. The van der Waals surface area contributed by atoms with E-state index in [1.165, 1.54) is 24.4 Å². The first-order valence-corrected chi connectivity index (χ1v) is 9.99. The number of amides is 1. The van der Waals surface area contributed by atoms with Crippen LogP contribution in [-0.4, -0.2) is 31.7 Å². The molecule has 0 atom stereocenters. The molecule has 0 spiro atoms. The Bertz CT molecular complexity index is 1130. The molecular weight excluding hydrogens is 380 g/mol. The van der Waals surface area contributed by atoms with Crippen LogP contribution in [0.2, 0.25) is 0 Å². The summed E-state index contributed by atoms with van der Waals surface area (Å²) in [4.78, 5) is 27.9. The lowest BCUT2D eigenvalue weighted by Crippen LogP contribution is -2.29. The number of rotatable bonds is 6. The van der Waals surface area contributed by atoms with Gasteiger partial charge in [0.05, 0.1) is 25.2 Å². The smallest absolute Gasteiger partial charge is 0.260 e. The molecule has 2 aromatic carbocycles. The number of fused-ring (bicyclic) bond motifs is 1. The Hall–Kier alpha value is -3.28. The maximum absolute atomic E-state index is 13.4. The summed E-state index contributed by atoms with van der Waals surface area (Å²) < 4.78 is 12.3. The zero-order chi connectivity index (χ0) is 22.0. The molecule has 0 aliphatic rings. The molecule has 3 rings (SSSR count). The normalized spacial score (nSPS) is 11.0. The molecule has 6 heteroatoms. The van der Waals surface area contributed by atoms with Gasteiger partial charge in [-0.05, 0) is 42.7 Å². The molecule has 30 heavy (non-hydrogen) atoms. The van der Waals surface area contributed by atoms with Gasteiger partial charge in [0.15, 0.2) is 11.5 Å². The van der Waals surface area contributed by atoms with Gasteiger partial charge < -0.3 is 18.9 Å². The van der Waals surface area contributed by atoms with Gasteiger partial charge in [0.1, 0.15) is 0 Å². The minimum Gasteiger partial charge on any atom is -0.493 e. The minimum atomic E-state index is -0.202. The monoisotopic (exact) mass is 408 g/mol. The Morgan fingerprint density at radius 3 is 2.10 bits per heavy atom. The molecule has 0 radical (unpaired) electrons. The van der Waals surface area contributed by atoms with Crippen LogP contribution in [0.15, 0.2) is 47.4 Å². The summed E-state index contributed by atoms with van der Waals surface area (Å²) in [6, 6.07) is 11.3. The van der Waals surface area contributed by atoms with Crippen LogP contribution in [0.5, 0.6) is 11.5 Å². The van der Waals surface area contributed by atoms with Crippen molar-refractivity contribution >= 4 is 22.4 Å². The van der Waals surface area contributed by atoms with Gasteiger partial charge in [-0.3, -0.25) is 9.59 Å². The van der Waals surface area contributed by atoms with Gasteiger partial charge in [-0.2, -0.15) is 0 Å². The molecule has 0 aliphatic heterocycles. The summed E-state index contributed by atoms with van der Waals surface area (Å²) in [5.74, 6) is 1.13. The second-order valence-corrected chi connectivity index (χ2v) is 7.50. The molecule has 0 bridgehead atoms. The number of hydrogen-bond acceptors (Lipinski definition) is 4. The zero-order valence-corrected chi connectivity index (χ0v) is 18.4. The highest BCUT2D eigenvalue weighted by Crippen LogP contribution is 2.33. The quantitative estimate of drug-likeness (QED) is 0.605. The fourth-order valence-corrected chi connectivity index (χ4v) is 3.50. The van der Waals surface area contributed by atoms with Crippen molar-refractivity contribution in [2.75, 3.05) is 26.2 Å². The van der Waals surface area contributed by atoms with Crippen LogP contribution in [0.4, 0.5) is 5.69 Å². The number of ether oxygens (including phenoxy) is 2. The van der Waals surface area contributed by atoms with Gasteiger partial charge in [-0.15, -0.1) is 0 Å². The molecule has 0 saturated carbocycles. The van der Waals surface area contributed by atoms with Crippen LogP contribution in [0.25, 0.3) is 10.8 Å². The molecule has 0 unspecified atom stereocenters. The number of aromatic nitrogens is 1. The maximum atomic E-state index is 13.4. The highest BCUT2D eigenvalue weighted by Gasteiger charge is 2.21. The summed E-state index contributed by atoms with van der Waals surface area (Å²) in [7, 11) is 4.78. The number of methoxy groups -OCH3 is 2. The Morgan fingerprint density at radius 2 is 1.60 bits per heavy atom. The van der Waals surface area contributed by atoms with E-state index in [0.717, 1.165) is 5.69 Å². The Kier molecular flexibility index (Phi) is 6.15. The number of hydrogen-bond donors (Lipinski definition) is 0. The van der Waals surface area contributed by atoms with Crippen molar-refractivity contribution in [3.05, 3.63) is 64.1 Å². The lowest BCUT2D eigenvalue weighted by Gasteiger charge is -2.20. The molecular formula is C24H28N2O4. The lowest BCUT2D eigenvalue weighted by molar-refractivity contribution is 0.0994. The average molecular weight is 408 g/mol. The molecule has 0 saturated heterocycles. The SMILES string of the molecule is CCn1cc(C(=O)N(C)c2ccc(C(C)C)cc2)c2cc(OC)c(OC)cc2c1=O. The van der Waals surface area contributed by atoms with Crippen LogP contribution in [0, 0.1) is 0 Å². The molecule has 1 aromatic heterocycles. The second kappa shape index (κ2) is 8.61. The van der Waals surface area contributed by atoms with Crippen molar-refractivity contribution in [1.29, 1.82) is 0 Å². The first kappa shape index (κ1) is 21.4. The lowest BCUT2D eigenvalue weighted by atomic mass is 10.0. The molecule has 158 valence electrons. The van der Waals surface area contributed by atoms with Gasteiger partial charge in [0.2, 0.25) is 0 Å². The largest absolute Gasteiger partial charge is 0.493 e. The molecule has 3 aromatic rings. The molecule has 0 fully saturated rings. The van der Waals surface area contributed by atoms with E-state index in [0.29, 0.717) is 40.3 Å². The van der Waals surface area contributed by atoms with Gasteiger partial charge in [0, 0.05) is 30.9 Å². The van der Waals surface area contributed by atoms with Crippen molar-refractivity contribution in [3.63, 3.8) is 0 Å². The summed E-state index contributed by atoms with van der Waals surface area (Å²) in [6.45, 7) is 6.59. The predicted octanol–water partition coefficient (Wildman–Crippen LogP) is 4.44. The third-order valence-corrected chi connectivity index (χ3v) is 5.41. The average Bonchev–Trinajstić information content (AvgIpc) is 2.77. The Balaban J connectivity index is 2.16. The van der Waals surface area contributed by atoms with E-state index >= 15 is 0 Å². The van der Waals surface area contributed by atoms with Gasteiger partial charge in [-0.1, -0.05) is 26.0 Å². The van der Waals surface area contributed by atoms with Gasteiger partial charge >= 0.3 is 0 Å². The number of aryl methyl sites for hydroxylation is 1. The summed E-state index contributed by atoms with van der Waals surface area (Å²) in [5.41, 5.74) is 2.26. The zero-order valence-electron chi connectivity index (χ0n) is 18.4. The van der Waals surface area contributed by atoms with Crippen molar-refractivity contribution in [1.82, 2.24) is 4.57 Å². The second-order valence-electron chi connectivity index (χ2n) is 7.50. The summed E-state index contributed by atoms with van der Waals surface area (Å²) in [6.07, 6.45) is 1.62. The van der Waals surface area contributed by atoms with Crippen molar-refractivity contribution in [2.45, 2.75) is 33.2 Å². The topological polar surface area (TPSA) is 60.8 Å². The van der Waals surface area contributed by atoms with E-state index in [4.69, 9.17) is 9.47 Å². The van der Waals surface area contributed by atoms with E-state index < -0.39 is 0 Å². The van der Waals surface area contributed by atoms with Gasteiger partial charge in [0.25, 0.3) is 11.5 Å². The minimum absolute atomic E-state index is 0.172. The third kappa shape index (κ3) is 3.77. The number of nitrogens with zero attached hydrogens (tertiary/aromatic N) is 2. The van der Waals surface area contributed by atoms with E-state index in [1.54, 1.807) is 30.3 Å². The molecule has 6 nitrogen and oxygen atoms in total. The summed E-state index contributed by atoms with van der Waals surface area (Å²) >= 11 is 0. The Morgan fingerprint density at radius 1 is 1.03 bits per heavy atom. The number of carbonyl (C=O) groups excluding carboxylic acids is 1. The highest BCUT2D eigenvalue weighted by molar-refractivity contribution is 6.14. The highest BCUT2D eigenvalue weighted by atomic mass is 16.5. The van der Waals surface area contributed by atoms with E-state index in [9.17, 15) is 9.59 Å². The predicted molar refractivity (Wildman–Crippen MR) is 120 cm³/mol. The van der Waals surface area contributed by atoms with Crippen molar-refractivity contribution in [2.24, 2.45) is 0 Å². The van der Waals surface area contributed by atoms with E-state index in [1.807, 2.05) is 31.2 Å². The number of pyridine rings is 1. The third-order valence-electron chi connectivity index (χ3n) is 5.41. The van der Waals surface area contributed by atoms with Crippen LogP contribution in [0.1, 0.15) is 42.6 Å². The van der Waals surface area contributed by atoms with Gasteiger partial charge in [-0.25, -0.2) is 0 Å². The number of carbonyl (C=O) groups is 1. The molecule has 0 N–H and O–H groups in total. The van der Waals surface area contributed by atoms with E-state index in [2.05, 4.69) is 13.8 Å². The molecule has 1 heterocycles. The number of anilines is 1. The van der Waals surface area contributed by atoms with E-state index in [-0.39, 0.29) is 11.5 Å². The number of benzene rings is 2. The van der Waals surface area contributed by atoms with Crippen LogP contribution < -0.4 is 19.9 Å². The fraction of sp³-hybridized carbons (Fsp3) is 0.333. The first-order chi connectivity index (χ1) is 14.3. The molecule has 1 amide bonds.